The van der Waals surface area contributed by atoms with Crippen molar-refractivity contribution >= 4 is 28.5 Å². The fourth-order valence-electron chi connectivity index (χ4n) is 2.18. The van der Waals surface area contributed by atoms with Crippen molar-refractivity contribution in [3.8, 4) is 0 Å². The molecule has 0 spiro atoms. The maximum Gasteiger partial charge on any atom is 0.129 e. The Labute approximate surface area is 122 Å². The molecule has 0 saturated heterocycles. The molecule has 4 heteroatoms. The summed E-state index contributed by atoms with van der Waals surface area (Å²) in [6.45, 7) is 2.11. The Hall–Kier alpha value is -1.94. The summed E-state index contributed by atoms with van der Waals surface area (Å²) in [5.41, 5.74) is 3.19. The summed E-state index contributed by atoms with van der Waals surface area (Å²) in [6, 6.07) is 16.7. The molecule has 20 heavy (non-hydrogen) atoms. The van der Waals surface area contributed by atoms with Crippen LogP contribution in [0.2, 0.25) is 0 Å². The van der Waals surface area contributed by atoms with Gasteiger partial charge >= 0.3 is 0 Å². The molecule has 102 valence electrons. The van der Waals surface area contributed by atoms with E-state index in [4.69, 9.17) is 0 Å². The Morgan fingerprint density at radius 2 is 1.85 bits per heavy atom. The largest absolute Gasteiger partial charge is 0.375 e. The summed E-state index contributed by atoms with van der Waals surface area (Å²) < 4.78 is 0. The van der Waals surface area contributed by atoms with E-state index in [2.05, 4.69) is 52.7 Å². The zero-order valence-corrected chi connectivity index (χ0v) is 12.4. The molecule has 0 aliphatic rings. The van der Waals surface area contributed by atoms with Gasteiger partial charge in [0.2, 0.25) is 0 Å². The van der Waals surface area contributed by atoms with Gasteiger partial charge < -0.3 is 10.3 Å². The first-order valence-electron chi connectivity index (χ1n) is 6.61. The van der Waals surface area contributed by atoms with Gasteiger partial charge in [-0.15, -0.1) is 11.8 Å². The fourth-order valence-corrected chi connectivity index (χ4v) is 2.59. The standard InChI is InChI=1S/C16H17N3S/c1-11(17-12-7-9-13(20-2)10-8-12)16-18-14-5-3-4-6-15(14)19-16/h3-11,17H,1-2H3,(H,18,19). The van der Waals surface area contributed by atoms with Crippen LogP contribution < -0.4 is 5.32 Å². The van der Waals surface area contributed by atoms with Gasteiger partial charge in [-0.05, 0) is 49.6 Å². The summed E-state index contributed by atoms with van der Waals surface area (Å²) in [5, 5.41) is 3.47. The number of rotatable bonds is 4. The number of nitrogens with one attached hydrogen (secondary N) is 2. The molecular weight excluding hydrogens is 266 g/mol. The SMILES string of the molecule is CSc1ccc(NC(C)c2nc3ccccc3[nH]2)cc1. The Morgan fingerprint density at radius 3 is 2.55 bits per heavy atom. The van der Waals surface area contributed by atoms with Gasteiger partial charge in [0, 0.05) is 10.6 Å². The number of aromatic nitrogens is 2. The molecule has 0 aliphatic heterocycles. The van der Waals surface area contributed by atoms with Gasteiger partial charge in [-0.3, -0.25) is 0 Å². The van der Waals surface area contributed by atoms with E-state index >= 15 is 0 Å². The van der Waals surface area contributed by atoms with Gasteiger partial charge in [-0.1, -0.05) is 12.1 Å². The zero-order chi connectivity index (χ0) is 13.9. The predicted molar refractivity (Wildman–Crippen MR) is 86.4 cm³/mol. The number of hydrogen-bond donors (Lipinski definition) is 2. The van der Waals surface area contributed by atoms with Crippen molar-refractivity contribution in [3.05, 3.63) is 54.4 Å². The Bertz CT molecular complexity index is 670. The van der Waals surface area contributed by atoms with Crippen molar-refractivity contribution < 1.29 is 0 Å². The van der Waals surface area contributed by atoms with E-state index in [-0.39, 0.29) is 6.04 Å². The average Bonchev–Trinajstić information content (AvgIpc) is 2.92. The number of para-hydroxylation sites is 2. The highest BCUT2D eigenvalue weighted by Gasteiger charge is 2.10. The number of imidazole rings is 1. The molecule has 0 amide bonds. The molecule has 1 unspecified atom stereocenters. The Balaban J connectivity index is 1.79. The molecule has 0 radical (unpaired) electrons. The topological polar surface area (TPSA) is 40.7 Å². The second kappa shape index (κ2) is 5.59. The molecule has 3 aromatic rings. The van der Waals surface area contributed by atoms with Crippen molar-refractivity contribution in [1.82, 2.24) is 9.97 Å². The number of anilines is 1. The summed E-state index contributed by atoms with van der Waals surface area (Å²) in [6.07, 6.45) is 2.08. The lowest BCUT2D eigenvalue weighted by Gasteiger charge is -2.13. The number of benzene rings is 2. The molecule has 1 heterocycles. The summed E-state index contributed by atoms with van der Waals surface area (Å²) in [5.74, 6) is 0.958. The van der Waals surface area contributed by atoms with Crippen LogP contribution >= 0.6 is 11.8 Å². The van der Waals surface area contributed by atoms with Gasteiger partial charge in [0.25, 0.3) is 0 Å². The van der Waals surface area contributed by atoms with Crippen LogP contribution in [0.25, 0.3) is 11.0 Å². The number of hydrogen-bond acceptors (Lipinski definition) is 3. The lowest BCUT2D eigenvalue weighted by Crippen LogP contribution is -2.08. The van der Waals surface area contributed by atoms with E-state index in [9.17, 15) is 0 Å². The monoisotopic (exact) mass is 283 g/mol. The Kier molecular flexibility index (Phi) is 3.65. The first kappa shape index (κ1) is 13.1. The number of nitrogens with zero attached hydrogens (tertiary/aromatic N) is 1. The number of aromatic amines is 1. The van der Waals surface area contributed by atoms with Crippen molar-refractivity contribution in [2.45, 2.75) is 17.9 Å². The zero-order valence-electron chi connectivity index (χ0n) is 11.6. The van der Waals surface area contributed by atoms with E-state index in [0.29, 0.717) is 0 Å². The summed E-state index contributed by atoms with van der Waals surface area (Å²) >= 11 is 1.75. The minimum absolute atomic E-state index is 0.141. The first-order valence-corrected chi connectivity index (χ1v) is 7.84. The van der Waals surface area contributed by atoms with Crippen LogP contribution in [0, 0.1) is 0 Å². The van der Waals surface area contributed by atoms with Crippen LogP contribution in [0.5, 0.6) is 0 Å². The van der Waals surface area contributed by atoms with E-state index in [1.165, 1.54) is 4.90 Å². The van der Waals surface area contributed by atoms with Crippen LogP contribution in [0.15, 0.2) is 53.4 Å². The smallest absolute Gasteiger partial charge is 0.129 e. The number of H-pyrrole nitrogens is 1. The molecule has 3 rings (SSSR count). The van der Waals surface area contributed by atoms with Crippen molar-refractivity contribution in [3.63, 3.8) is 0 Å². The summed E-state index contributed by atoms with van der Waals surface area (Å²) in [7, 11) is 0. The van der Waals surface area contributed by atoms with Gasteiger partial charge in [0.15, 0.2) is 0 Å². The molecule has 3 nitrogen and oxygen atoms in total. The lowest BCUT2D eigenvalue weighted by molar-refractivity contribution is 0.815. The van der Waals surface area contributed by atoms with Crippen molar-refractivity contribution in [1.29, 1.82) is 0 Å². The van der Waals surface area contributed by atoms with Gasteiger partial charge in [0.05, 0.1) is 17.1 Å². The van der Waals surface area contributed by atoms with Crippen LogP contribution in [0.4, 0.5) is 5.69 Å². The van der Waals surface area contributed by atoms with E-state index in [1.54, 1.807) is 11.8 Å². The average molecular weight is 283 g/mol. The quantitative estimate of drug-likeness (QED) is 0.695. The van der Waals surface area contributed by atoms with Gasteiger partial charge in [-0.25, -0.2) is 4.98 Å². The summed E-state index contributed by atoms with van der Waals surface area (Å²) in [4.78, 5) is 9.25. The highest BCUT2D eigenvalue weighted by Crippen LogP contribution is 2.22. The maximum absolute atomic E-state index is 4.62. The lowest BCUT2D eigenvalue weighted by atomic mass is 10.2. The molecule has 2 aromatic carbocycles. The minimum Gasteiger partial charge on any atom is -0.375 e. The molecule has 2 N–H and O–H groups in total. The third-order valence-electron chi connectivity index (χ3n) is 3.29. The van der Waals surface area contributed by atoms with Gasteiger partial charge in [0.1, 0.15) is 5.82 Å². The van der Waals surface area contributed by atoms with E-state index in [0.717, 1.165) is 22.5 Å². The highest BCUT2D eigenvalue weighted by atomic mass is 32.2. The molecule has 0 aliphatic carbocycles. The van der Waals surface area contributed by atoms with Crippen molar-refractivity contribution in [2.75, 3.05) is 11.6 Å². The van der Waals surface area contributed by atoms with E-state index < -0.39 is 0 Å². The number of fused-ring (bicyclic) bond motifs is 1. The molecule has 0 fully saturated rings. The molecule has 0 bridgehead atoms. The maximum atomic E-state index is 4.62. The molecule has 1 atom stereocenters. The normalized spacial score (nSPS) is 12.5. The van der Waals surface area contributed by atoms with Crippen LogP contribution in [-0.4, -0.2) is 16.2 Å². The van der Waals surface area contributed by atoms with Gasteiger partial charge in [-0.2, -0.15) is 0 Å². The second-order valence-corrected chi connectivity index (χ2v) is 5.61. The fraction of sp³-hybridized carbons (Fsp3) is 0.188. The number of thioether (sulfide) groups is 1. The van der Waals surface area contributed by atoms with Crippen LogP contribution in [0.3, 0.4) is 0 Å². The molecular formula is C16H17N3S. The van der Waals surface area contributed by atoms with Crippen LogP contribution in [0.1, 0.15) is 18.8 Å². The highest BCUT2D eigenvalue weighted by molar-refractivity contribution is 7.98. The molecule has 1 aromatic heterocycles. The van der Waals surface area contributed by atoms with Crippen molar-refractivity contribution in [2.24, 2.45) is 0 Å². The first-order chi connectivity index (χ1) is 9.76. The Morgan fingerprint density at radius 1 is 1.10 bits per heavy atom. The third-order valence-corrected chi connectivity index (χ3v) is 4.03. The van der Waals surface area contributed by atoms with E-state index in [1.807, 2.05) is 24.3 Å². The third kappa shape index (κ3) is 2.65. The predicted octanol–water partition coefficient (Wildman–Crippen LogP) is 4.46. The molecule has 0 saturated carbocycles. The minimum atomic E-state index is 0.141. The van der Waals surface area contributed by atoms with Crippen LogP contribution in [-0.2, 0) is 0 Å². The second-order valence-electron chi connectivity index (χ2n) is 4.73.